The molecule has 0 atom stereocenters. The SMILES string of the molecule is CCN(c1ccc(NC(=O)c2ccccc2S(C)(=O)=O)cc1)C(C)C. The first kappa shape index (κ1) is 19.0. The zero-order valence-corrected chi connectivity index (χ0v) is 15.8. The van der Waals surface area contributed by atoms with Gasteiger partial charge in [-0.2, -0.15) is 0 Å². The standard InChI is InChI=1S/C19H24N2O3S/c1-5-21(14(2)3)16-12-10-15(11-13-16)20-19(22)17-8-6-7-9-18(17)25(4,23)24/h6-14H,5H2,1-4H3,(H,20,22). The Balaban J connectivity index is 2.22. The fourth-order valence-electron chi connectivity index (χ4n) is 2.76. The van der Waals surface area contributed by atoms with Gasteiger partial charge in [-0.05, 0) is 57.2 Å². The lowest BCUT2D eigenvalue weighted by Gasteiger charge is -2.27. The third kappa shape index (κ3) is 4.60. The number of rotatable bonds is 6. The first-order valence-electron chi connectivity index (χ1n) is 8.21. The molecule has 0 fully saturated rings. The number of nitrogens with zero attached hydrogens (tertiary/aromatic N) is 1. The van der Waals surface area contributed by atoms with Crippen LogP contribution in [-0.4, -0.2) is 33.2 Å². The summed E-state index contributed by atoms with van der Waals surface area (Å²) < 4.78 is 23.7. The highest BCUT2D eigenvalue weighted by Gasteiger charge is 2.18. The summed E-state index contributed by atoms with van der Waals surface area (Å²) in [5.41, 5.74) is 1.84. The number of carbonyl (C=O) groups is 1. The minimum atomic E-state index is -3.47. The number of hydrogen-bond acceptors (Lipinski definition) is 4. The zero-order valence-electron chi connectivity index (χ0n) is 15.0. The average Bonchev–Trinajstić information content (AvgIpc) is 2.56. The third-order valence-corrected chi connectivity index (χ3v) is 5.11. The maximum absolute atomic E-state index is 12.5. The summed E-state index contributed by atoms with van der Waals surface area (Å²) in [5.74, 6) is -0.440. The summed E-state index contributed by atoms with van der Waals surface area (Å²) in [5, 5.41) is 2.76. The van der Waals surface area contributed by atoms with E-state index in [1.54, 1.807) is 12.1 Å². The molecular formula is C19H24N2O3S. The Morgan fingerprint density at radius 1 is 1.08 bits per heavy atom. The zero-order chi connectivity index (χ0) is 18.6. The summed E-state index contributed by atoms with van der Waals surface area (Å²) in [4.78, 5) is 14.7. The number of benzene rings is 2. The lowest BCUT2D eigenvalue weighted by Crippen LogP contribution is -2.30. The van der Waals surface area contributed by atoms with E-state index in [1.165, 1.54) is 12.1 Å². The molecule has 0 saturated heterocycles. The van der Waals surface area contributed by atoms with Crippen LogP contribution in [0.3, 0.4) is 0 Å². The van der Waals surface area contributed by atoms with Crippen molar-refractivity contribution in [1.29, 1.82) is 0 Å². The van der Waals surface area contributed by atoms with Gasteiger partial charge in [0, 0.05) is 30.2 Å². The van der Waals surface area contributed by atoms with E-state index < -0.39 is 15.7 Å². The van der Waals surface area contributed by atoms with Gasteiger partial charge in [0.2, 0.25) is 0 Å². The summed E-state index contributed by atoms with van der Waals surface area (Å²) in [6.07, 6.45) is 1.10. The molecule has 0 bridgehead atoms. The second-order valence-corrected chi connectivity index (χ2v) is 8.13. The summed E-state index contributed by atoms with van der Waals surface area (Å²) in [6.45, 7) is 7.24. The van der Waals surface area contributed by atoms with E-state index in [1.807, 2.05) is 24.3 Å². The highest BCUT2D eigenvalue weighted by Crippen LogP contribution is 2.21. The van der Waals surface area contributed by atoms with Crippen LogP contribution in [0.4, 0.5) is 11.4 Å². The number of anilines is 2. The fourth-order valence-corrected chi connectivity index (χ4v) is 3.64. The maximum Gasteiger partial charge on any atom is 0.256 e. The van der Waals surface area contributed by atoms with E-state index >= 15 is 0 Å². The van der Waals surface area contributed by atoms with Gasteiger partial charge in [0.25, 0.3) is 5.91 Å². The Morgan fingerprint density at radius 3 is 2.20 bits per heavy atom. The third-order valence-electron chi connectivity index (χ3n) is 3.95. The molecule has 0 radical (unpaired) electrons. The van der Waals surface area contributed by atoms with Crippen LogP contribution in [0.15, 0.2) is 53.4 Å². The van der Waals surface area contributed by atoms with E-state index in [0.29, 0.717) is 11.7 Å². The van der Waals surface area contributed by atoms with Crippen molar-refractivity contribution < 1.29 is 13.2 Å². The van der Waals surface area contributed by atoms with Crippen molar-refractivity contribution in [1.82, 2.24) is 0 Å². The first-order valence-corrected chi connectivity index (χ1v) is 10.1. The second-order valence-electron chi connectivity index (χ2n) is 6.15. The Hall–Kier alpha value is -2.34. The highest BCUT2D eigenvalue weighted by atomic mass is 32.2. The predicted octanol–water partition coefficient (Wildman–Crippen LogP) is 3.58. The summed E-state index contributed by atoms with van der Waals surface area (Å²) in [6, 6.07) is 14.1. The number of carbonyl (C=O) groups excluding carboxylic acids is 1. The minimum absolute atomic E-state index is 0.0288. The molecule has 0 saturated carbocycles. The average molecular weight is 360 g/mol. The molecule has 5 nitrogen and oxygen atoms in total. The Morgan fingerprint density at radius 2 is 1.68 bits per heavy atom. The molecule has 0 aromatic heterocycles. The van der Waals surface area contributed by atoms with Gasteiger partial charge in [-0.15, -0.1) is 0 Å². The van der Waals surface area contributed by atoms with Crippen LogP contribution >= 0.6 is 0 Å². The molecule has 0 aliphatic rings. The molecule has 0 aliphatic carbocycles. The summed E-state index contributed by atoms with van der Waals surface area (Å²) >= 11 is 0. The molecule has 25 heavy (non-hydrogen) atoms. The summed E-state index contributed by atoms with van der Waals surface area (Å²) in [7, 11) is -3.47. The second kappa shape index (κ2) is 7.70. The fraction of sp³-hybridized carbons (Fsp3) is 0.316. The van der Waals surface area contributed by atoms with Crippen LogP contribution in [0.5, 0.6) is 0 Å². The van der Waals surface area contributed by atoms with Crippen molar-refractivity contribution in [3.8, 4) is 0 Å². The molecule has 0 unspecified atom stereocenters. The van der Waals surface area contributed by atoms with E-state index in [2.05, 4.69) is 31.0 Å². The van der Waals surface area contributed by atoms with Crippen LogP contribution in [0, 0.1) is 0 Å². The maximum atomic E-state index is 12.5. The molecule has 2 aromatic rings. The van der Waals surface area contributed by atoms with E-state index in [9.17, 15) is 13.2 Å². The van der Waals surface area contributed by atoms with Gasteiger partial charge < -0.3 is 10.2 Å². The van der Waals surface area contributed by atoms with Gasteiger partial charge in [-0.3, -0.25) is 4.79 Å². The van der Waals surface area contributed by atoms with Gasteiger partial charge in [-0.1, -0.05) is 12.1 Å². The van der Waals surface area contributed by atoms with Gasteiger partial charge in [0.05, 0.1) is 10.5 Å². The van der Waals surface area contributed by atoms with E-state index in [-0.39, 0.29) is 10.5 Å². The molecule has 0 spiro atoms. The lowest BCUT2D eigenvalue weighted by atomic mass is 10.2. The molecule has 134 valence electrons. The molecule has 1 N–H and O–H groups in total. The molecule has 1 amide bonds. The highest BCUT2D eigenvalue weighted by molar-refractivity contribution is 7.90. The van der Waals surface area contributed by atoms with Crippen molar-refractivity contribution in [2.75, 3.05) is 23.0 Å². The van der Waals surface area contributed by atoms with Crippen LogP contribution in [0.1, 0.15) is 31.1 Å². The number of hydrogen-bond donors (Lipinski definition) is 1. The van der Waals surface area contributed by atoms with Gasteiger partial charge in [-0.25, -0.2) is 8.42 Å². The minimum Gasteiger partial charge on any atom is -0.369 e. The van der Waals surface area contributed by atoms with Gasteiger partial charge >= 0.3 is 0 Å². The Bertz CT molecular complexity index is 843. The number of sulfone groups is 1. The predicted molar refractivity (Wildman–Crippen MR) is 102 cm³/mol. The quantitative estimate of drug-likeness (QED) is 0.855. The normalized spacial score (nSPS) is 11.4. The first-order chi connectivity index (χ1) is 11.7. The van der Waals surface area contributed by atoms with Crippen molar-refractivity contribution >= 4 is 27.1 Å². The largest absolute Gasteiger partial charge is 0.369 e. The van der Waals surface area contributed by atoms with Gasteiger partial charge in [0.15, 0.2) is 9.84 Å². The van der Waals surface area contributed by atoms with E-state index in [4.69, 9.17) is 0 Å². The van der Waals surface area contributed by atoms with E-state index in [0.717, 1.165) is 18.5 Å². The Labute approximate surface area is 149 Å². The van der Waals surface area contributed by atoms with Crippen molar-refractivity contribution in [3.63, 3.8) is 0 Å². The molecular weight excluding hydrogens is 336 g/mol. The smallest absolute Gasteiger partial charge is 0.256 e. The molecule has 2 aromatic carbocycles. The molecule has 0 aliphatic heterocycles. The van der Waals surface area contributed by atoms with Crippen molar-refractivity contribution in [2.24, 2.45) is 0 Å². The van der Waals surface area contributed by atoms with Crippen molar-refractivity contribution in [2.45, 2.75) is 31.7 Å². The van der Waals surface area contributed by atoms with Crippen LogP contribution in [0.25, 0.3) is 0 Å². The van der Waals surface area contributed by atoms with Crippen LogP contribution in [0.2, 0.25) is 0 Å². The topological polar surface area (TPSA) is 66.5 Å². The van der Waals surface area contributed by atoms with Crippen LogP contribution < -0.4 is 10.2 Å². The number of nitrogens with one attached hydrogen (secondary N) is 1. The van der Waals surface area contributed by atoms with Crippen LogP contribution in [-0.2, 0) is 9.84 Å². The molecule has 6 heteroatoms. The lowest BCUT2D eigenvalue weighted by molar-refractivity contribution is 0.102. The van der Waals surface area contributed by atoms with Gasteiger partial charge in [0.1, 0.15) is 0 Å². The molecule has 2 rings (SSSR count). The Kier molecular flexibility index (Phi) is 5.85. The van der Waals surface area contributed by atoms with Crippen molar-refractivity contribution in [3.05, 3.63) is 54.1 Å². The number of amides is 1. The molecule has 0 heterocycles. The monoisotopic (exact) mass is 360 g/mol.